The van der Waals surface area contributed by atoms with E-state index >= 15 is 0 Å². The number of anilines is 1. The lowest BCUT2D eigenvalue weighted by molar-refractivity contribution is 0.101. The van der Waals surface area contributed by atoms with Crippen LogP contribution in [0.1, 0.15) is 50.0 Å². The van der Waals surface area contributed by atoms with Crippen LogP contribution in [0.2, 0.25) is 0 Å². The molecule has 2 heterocycles. The van der Waals surface area contributed by atoms with Gasteiger partial charge in [0.25, 0.3) is 0 Å². The van der Waals surface area contributed by atoms with Crippen molar-refractivity contribution < 1.29 is 4.79 Å². The highest BCUT2D eigenvalue weighted by Gasteiger charge is 2.32. The summed E-state index contributed by atoms with van der Waals surface area (Å²) in [5.74, 6) is -0.0737. The number of hydrogen-bond acceptors (Lipinski definition) is 4. The molecule has 0 N–H and O–H groups in total. The van der Waals surface area contributed by atoms with Crippen LogP contribution in [-0.2, 0) is 0 Å². The lowest BCUT2D eigenvalue weighted by Gasteiger charge is -2.40. The molecule has 0 radical (unpaired) electrons. The smallest absolute Gasteiger partial charge is 0.196 e. The number of carbonyl (C=O) groups is 1. The van der Waals surface area contributed by atoms with Crippen molar-refractivity contribution in [3.05, 3.63) is 11.1 Å². The van der Waals surface area contributed by atoms with Gasteiger partial charge < -0.3 is 4.90 Å². The van der Waals surface area contributed by atoms with Crippen molar-refractivity contribution in [3.63, 3.8) is 0 Å². The van der Waals surface area contributed by atoms with Crippen molar-refractivity contribution >= 4 is 33.9 Å². The molecule has 1 aliphatic heterocycles. The Balaban J connectivity index is 2.01. The summed E-state index contributed by atoms with van der Waals surface area (Å²) in [7, 11) is 0. The van der Waals surface area contributed by atoms with E-state index in [9.17, 15) is 4.79 Å². The first-order valence-corrected chi connectivity index (χ1v) is 8.35. The predicted molar refractivity (Wildman–Crippen MR) is 81.6 cm³/mol. The molecule has 1 aromatic rings. The fraction of sp³-hybridized carbons (Fsp3) is 0.714. The summed E-state index contributed by atoms with van der Waals surface area (Å²) in [4.78, 5) is 18.2. The molecule has 0 amide bonds. The van der Waals surface area contributed by atoms with E-state index in [1.807, 2.05) is 5.38 Å². The number of rotatable bonds is 5. The predicted octanol–water partition coefficient (Wildman–Crippen LogP) is 3.97. The van der Waals surface area contributed by atoms with Crippen LogP contribution < -0.4 is 4.90 Å². The molecule has 1 saturated heterocycles. The average molecular weight is 301 g/mol. The number of nitrogens with zero attached hydrogens (tertiary/aromatic N) is 2. The minimum atomic E-state index is -0.0855. The van der Waals surface area contributed by atoms with Gasteiger partial charge in [0.1, 0.15) is 5.69 Å². The quantitative estimate of drug-likeness (QED) is 0.609. The minimum absolute atomic E-state index is 0.0119. The van der Waals surface area contributed by atoms with E-state index in [2.05, 4.69) is 23.7 Å². The maximum Gasteiger partial charge on any atom is 0.196 e. The summed E-state index contributed by atoms with van der Waals surface area (Å²) in [6.45, 7) is 6.67. The lowest BCUT2D eigenvalue weighted by atomic mass is 9.74. The van der Waals surface area contributed by atoms with E-state index in [1.165, 1.54) is 25.7 Å². The van der Waals surface area contributed by atoms with E-state index in [4.69, 9.17) is 11.6 Å². The summed E-state index contributed by atoms with van der Waals surface area (Å²) >= 11 is 7.11. The SMILES string of the molecule is CCC1(CC)CCN(c2nc(C(=O)CCl)cs2)CC1. The Bertz CT molecular complexity index is 432. The third-order valence-corrected chi connectivity index (χ3v) is 5.64. The molecule has 5 heteroatoms. The lowest BCUT2D eigenvalue weighted by Crippen LogP contribution is -2.39. The Morgan fingerprint density at radius 2 is 2.05 bits per heavy atom. The molecule has 0 aliphatic carbocycles. The van der Waals surface area contributed by atoms with E-state index < -0.39 is 0 Å². The first-order chi connectivity index (χ1) is 9.14. The highest BCUT2D eigenvalue weighted by molar-refractivity contribution is 7.14. The molecule has 3 nitrogen and oxygen atoms in total. The van der Waals surface area contributed by atoms with Crippen molar-refractivity contribution in [2.45, 2.75) is 39.5 Å². The van der Waals surface area contributed by atoms with Crippen molar-refractivity contribution in [2.75, 3.05) is 23.9 Å². The molecule has 106 valence electrons. The van der Waals surface area contributed by atoms with Crippen LogP contribution >= 0.6 is 22.9 Å². The molecule has 0 aromatic carbocycles. The second kappa shape index (κ2) is 6.23. The van der Waals surface area contributed by atoms with Crippen LogP contribution in [0.5, 0.6) is 0 Å². The molecule has 1 aliphatic rings. The van der Waals surface area contributed by atoms with Gasteiger partial charge in [0.15, 0.2) is 10.9 Å². The Morgan fingerprint density at radius 1 is 1.42 bits per heavy atom. The van der Waals surface area contributed by atoms with E-state index in [-0.39, 0.29) is 11.7 Å². The zero-order valence-corrected chi connectivity index (χ0v) is 13.2. The van der Waals surface area contributed by atoms with E-state index in [0.29, 0.717) is 11.1 Å². The monoisotopic (exact) mass is 300 g/mol. The summed E-state index contributed by atoms with van der Waals surface area (Å²) in [6.07, 6.45) is 4.95. The molecule has 0 atom stereocenters. The highest BCUT2D eigenvalue weighted by atomic mass is 35.5. The fourth-order valence-electron chi connectivity index (χ4n) is 2.74. The van der Waals surface area contributed by atoms with Gasteiger partial charge in [-0.05, 0) is 18.3 Å². The van der Waals surface area contributed by atoms with Gasteiger partial charge in [-0.2, -0.15) is 0 Å². The highest BCUT2D eigenvalue weighted by Crippen LogP contribution is 2.39. The molecule has 0 saturated carbocycles. The van der Waals surface area contributed by atoms with Crippen molar-refractivity contribution in [1.82, 2.24) is 4.98 Å². The van der Waals surface area contributed by atoms with Gasteiger partial charge in [0.2, 0.25) is 0 Å². The Kier molecular flexibility index (Phi) is 4.85. The van der Waals surface area contributed by atoms with Gasteiger partial charge in [0, 0.05) is 18.5 Å². The van der Waals surface area contributed by atoms with Gasteiger partial charge in [-0.1, -0.05) is 26.7 Å². The molecule has 1 fully saturated rings. The number of ketones is 1. The Morgan fingerprint density at radius 3 is 2.58 bits per heavy atom. The van der Waals surface area contributed by atoms with Gasteiger partial charge in [-0.3, -0.25) is 4.79 Å². The zero-order valence-electron chi connectivity index (χ0n) is 11.6. The van der Waals surface area contributed by atoms with E-state index in [0.717, 1.165) is 18.2 Å². The van der Waals surface area contributed by atoms with Crippen LogP contribution in [0.4, 0.5) is 5.13 Å². The van der Waals surface area contributed by atoms with Gasteiger partial charge in [-0.15, -0.1) is 22.9 Å². The molecule has 1 aromatic heterocycles. The molecule has 0 unspecified atom stereocenters. The van der Waals surface area contributed by atoms with Gasteiger partial charge in [-0.25, -0.2) is 4.98 Å². The Labute approximate surface area is 124 Å². The maximum absolute atomic E-state index is 11.5. The van der Waals surface area contributed by atoms with Crippen LogP contribution in [0.3, 0.4) is 0 Å². The number of thiazole rings is 1. The molecule has 2 rings (SSSR count). The average Bonchev–Trinajstić information content (AvgIpc) is 2.96. The standard InChI is InChI=1S/C14H21ClN2OS/c1-3-14(4-2)5-7-17(8-6-14)13-16-11(10-19-13)12(18)9-15/h10H,3-9H2,1-2H3. The van der Waals surface area contributed by atoms with Crippen LogP contribution in [0.25, 0.3) is 0 Å². The third-order valence-electron chi connectivity index (χ3n) is 4.49. The normalized spacial score (nSPS) is 18.6. The maximum atomic E-state index is 11.5. The van der Waals surface area contributed by atoms with Gasteiger partial charge in [0.05, 0.1) is 5.88 Å². The third kappa shape index (κ3) is 3.11. The van der Waals surface area contributed by atoms with Gasteiger partial charge >= 0.3 is 0 Å². The number of halogens is 1. The molecule has 0 bridgehead atoms. The number of Topliss-reactive ketones (excluding diaryl/α,β-unsaturated/α-hetero) is 1. The second-order valence-corrected chi connectivity index (χ2v) is 6.37. The largest absolute Gasteiger partial charge is 0.348 e. The second-order valence-electron chi connectivity index (χ2n) is 5.27. The molecular formula is C14H21ClN2OS. The topological polar surface area (TPSA) is 33.2 Å². The number of piperidine rings is 1. The van der Waals surface area contributed by atoms with Crippen LogP contribution in [0.15, 0.2) is 5.38 Å². The number of alkyl halides is 1. The molecular weight excluding hydrogens is 280 g/mol. The number of hydrogen-bond donors (Lipinski definition) is 0. The van der Waals surface area contributed by atoms with Crippen molar-refractivity contribution in [2.24, 2.45) is 5.41 Å². The first kappa shape index (κ1) is 14.8. The summed E-state index contributed by atoms with van der Waals surface area (Å²) < 4.78 is 0. The minimum Gasteiger partial charge on any atom is -0.348 e. The van der Waals surface area contributed by atoms with Crippen LogP contribution in [-0.4, -0.2) is 29.7 Å². The van der Waals surface area contributed by atoms with E-state index in [1.54, 1.807) is 11.3 Å². The summed E-state index contributed by atoms with van der Waals surface area (Å²) in [5, 5.41) is 2.79. The number of carbonyl (C=O) groups excluding carboxylic acids is 1. The fourth-order valence-corrected chi connectivity index (χ4v) is 3.76. The summed E-state index contributed by atoms with van der Waals surface area (Å²) in [6, 6.07) is 0. The van der Waals surface area contributed by atoms with Crippen molar-refractivity contribution in [1.29, 1.82) is 0 Å². The summed E-state index contributed by atoms with van der Waals surface area (Å²) in [5.41, 5.74) is 1.03. The first-order valence-electron chi connectivity index (χ1n) is 6.94. The molecule has 0 spiro atoms. The number of aromatic nitrogens is 1. The van der Waals surface area contributed by atoms with Crippen LogP contribution in [0, 0.1) is 5.41 Å². The Hall–Kier alpha value is -0.610. The van der Waals surface area contributed by atoms with Crippen molar-refractivity contribution in [3.8, 4) is 0 Å². The molecule has 19 heavy (non-hydrogen) atoms. The zero-order chi connectivity index (χ0) is 13.9.